The number of fused-ring (bicyclic) bond motifs is 1. The number of benzene rings is 2. The van der Waals surface area contributed by atoms with Crippen molar-refractivity contribution in [1.82, 2.24) is 10.3 Å². The summed E-state index contributed by atoms with van der Waals surface area (Å²) in [4.78, 5) is 19.7. The molecule has 1 aliphatic carbocycles. The van der Waals surface area contributed by atoms with Crippen molar-refractivity contribution in [3.8, 4) is 11.3 Å². The predicted octanol–water partition coefficient (Wildman–Crippen LogP) is 6.37. The number of pyridine rings is 1. The molecule has 6 nitrogen and oxygen atoms in total. The SMILES string of the molecule is CN(C)c1cc(N[C@H]2CC[C@@H](NC(=O)c3ccc(-c4ccc(Cl)cc4)o3)CC2)nc2ccccc12. The van der Waals surface area contributed by atoms with Gasteiger partial charge in [0.05, 0.1) is 5.52 Å². The molecule has 1 amide bonds. The lowest BCUT2D eigenvalue weighted by Gasteiger charge is -2.30. The minimum atomic E-state index is -0.173. The molecular weight excluding hydrogens is 460 g/mol. The molecule has 0 spiro atoms. The second kappa shape index (κ2) is 10.0. The van der Waals surface area contributed by atoms with Crippen molar-refractivity contribution in [3.05, 3.63) is 77.5 Å². The van der Waals surface area contributed by atoms with Crippen LogP contribution in [0.15, 0.2) is 71.1 Å². The van der Waals surface area contributed by atoms with Crippen LogP contribution < -0.4 is 15.5 Å². The highest BCUT2D eigenvalue weighted by atomic mass is 35.5. The average molecular weight is 489 g/mol. The Morgan fingerprint density at radius 3 is 2.43 bits per heavy atom. The van der Waals surface area contributed by atoms with Gasteiger partial charge in [-0.3, -0.25) is 4.79 Å². The number of amides is 1. The first-order chi connectivity index (χ1) is 17.0. The maximum absolute atomic E-state index is 12.8. The summed E-state index contributed by atoms with van der Waals surface area (Å²) in [6, 6.07) is 21.7. The van der Waals surface area contributed by atoms with Gasteiger partial charge in [0, 0.05) is 53.9 Å². The highest BCUT2D eigenvalue weighted by Crippen LogP contribution is 2.29. The Balaban J connectivity index is 1.18. The van der Waals surface area contributed by atoms with Crippen molar-refractivity contribution in [3.63, 3.8) is 0 Å². The highest BCUT2D eigenvalue weighted by molar-refractivity contribution is 6.30. The fourth-order valence-corrected chi connectivity index (χ4v) is 4.80. The van der Waals surface area contributed by atoms with E-state index in [0.29, 0.717) is 22.6 Å². The molecule has 2 aromatic carbocycles. The molecule has 2 N–H and O–H groups in total. The fraction of sp³-hybridized carbons (Fsp3) is 0.286. The van der Waals surface area contributed by atoms with E-state index in [4.69, 9.17) is 21.0 Å². The molecule has 0 atom stereocenters. The van der Waals surface area contributed by atoms with Crippen LogP contribution in [0.25, 0.3) is 22.2 Å². The van der Waals surface area contributed by atoms with Crippen LogP contribution in [-0.4, -0.2) is 37.1 Å². The van der Waals surface area contributed by atoms with E-state index >= 15 is 0 Å². The fourth-order valence-electron chi connectivity index (χ4n) is 4.68. The summed E-state index contributed by atoms with van der Waals surface area (Å²) in [5.41, 5.74) is 3.02. The molecule has 7 heteroatoms. The molecule has 1 saturated carbocycles. The standard InChI is InChI=1S/C28H29ClN4O2/c1-33(2)24-17-27(32-23-6-4-3-5-22(23)24)30-20-11-13-21(14-12-20)31-28(34)26-16-15-25(35-26)18-7-9-19(29)10-8-18/h3-10,15-17,20-21H,11-14H2,1-2H3,(H,30,32)(H,31,34)/t20-,21+. The number of carbonyl (C=O) groups is 1. The van der Waals surface area contributed by atoms with Gasteiger partial charge >= 0.3 is 0 Å². The van der Waals surface area contributed by atoms with Gasteiger partial charge in [0.25, 0.3) is 5.91 Å². The third-order valence-corrected chi connectivity index (χ3v) is 6.80. The molecule has 0 bridgehead atoms. The van der Waals surface area contributed by atoms with E-state index in [1.807, 2.05) is 36.4 Å². The van der Waals surface area contributed by atoms with Gasteiger partial charge in [-0.15, -0.1) is 0 Å². The molecule has 180 valence electrons. The van der Waals surface area contributed by atoms with Crippen molar-refractivity contribution in [2.75, 3.05) is 24.3 Å². The van der Waals surface area contributed by atoms with Gasteiger partial charge in [-0.2, -0.15) is 0 Å². The van der Waals surface area contributed by atoms with Crippen LogP contribution in [0.4, 0.5) is 11.5 Å². The zero-order valence-corrected chi connectivity index (χ0v) is 20.7. The number of para-hydroxylation sites is 1. The zero-order chi connectivity index (χ0) is 24.4. The van der Waals surface area contributed by atoms with Crippen molar-refractivity contribution >= 4 is 39.9 Å². The van der Waals surface area contributed by atoms with Gasteiger partial charge in [0.2, 0.25) is 0 Å². The number of hydrogen-bond donors (Lipinski definition) is 2. The van der Waals surface area contributed by atoms with Gasteiger partial charge in [0.15, 0.2) is 5.76 Å². The van der Waals surface area contributed by atoms with E-state index in [-0.39, 0.29) is 11.9 Å². The number of anilines is 2. The summed E-state index contributed by atoms with van der Waals surface area (Å²) in [5.74, 6) is 1.70. The average Bonchev–Trinajstić information content (AvgIpc) is 3.36. The first kappa shape index (κ1) is 23.2. The summed E-state index contributed by atoms with van der Waals surface area (Å²) >= 11 is 5.96. The maximum atomic E-state index is 12.8. The molecule has 0 aliphatic heterocycles. The molecule has 0 unspecified atom stereocenters. The number of carbonyl (C=O) groups excluding carboxylic acids is 1. The maximum Gasteiger partial charge on any atom is 0.287 e. The molecule has 0 radical (unpaired) electrons. The number of nitrogens with one attached hydrogen (secondary N) is 2. The van der Waals surface area contributed by atoms with Crippen LogP contribution in [0.1, 0.15) is 36.2 Å². The molecule has 35 heavy (non-hydrogen) atoms. The zero-order valence-electron chi connectivity index (χ0n) is 19.9. The van der Waals surface area contributed by atoms with Crippen LogP contribution in [0.5, 0.6) is 0 Å². The van der Waals surface area contributed by atoms with Crippen molar-refractivity contribution in [2.24, 2.45) is 0 Å². The minimum absolute atomic E-state index is 0.131. The van der Waals surface area contributed by atoms with Gasteiger partial charge in [-0.25, -0.2) is 4.98 Å². The first-order valence-electron chi connectivity index (χ1n) is 12.0. The molecule has 0 saturated heterocycles. The van der Waals surface area contributed by atoms with Gasteiger partial charge < -0.3 is 20.0 Å². The van der Waals surface area contributed by atoms with Crippen LogP contribution in [-0.2, 0) is 0 Å². The lowest BCUT2D eigenvalue weighted by molar-refractivity contribution is 0.0899. The normalized spacial score (nSPS) is 17.8. The number of halogens is 1. The van der Waals surface area contributed by atoms with E-state index in [9.17, 15) is 4.79 Å². The number of furan rings is 1. The largest absolute Gasteiger partial charge is 0.451 e. The Bertz CT molecular complexity index is 1320. The number of aromatic nitrogens is 1. The molecule has 4 aromatic rings. The number of hydrogen-bond acceptors (Lipinski definition) is 5. The highest BCUT2D eigenvalue weighted by Gasteiger charge is 2.24. The molecular formula is C28H29ClN4O2. The third-order valence-electron chi connectivity index (χ3n) is 6.55. The van der Waals surface area contributed by atoms with Gasteiger partial charge in [-0.1, -0.05) is 29.8 Å². The number of rotatable bonds is 6. The van der Waals surface area contributed by atoms with Crippen molar-refractivity contribution < 1.29 is 9.21 Å². The summed E-state index contributed by atoms with van der Waals surface area (Å²) in [6.45, 7) is 0. The summed E-state index contributed by atoms with van der Waals surface area (Å²) in [6.07, 6.45) is 3.74. The molecule has 1 aliphatic rings. The predicted molar refractivity (Wildman–Crippen MR) is 142 cm³/mol. The summed E-state index contributed by atoms with van der Waals surface area (Å²) < 4.78 is 5.80. The van der Waals surface area contributed by atoms with Gasteiger partial charge in [0.1, 0.15) is 11.6 Å². The van der Waals surface area contributed by atoms with Crippen molar-refractivity contribution in [2.45, 2.75) is 37.8 Å². The van der Waals surface area contributed by atoms with Crippen LogP contribution >= 0.6 is 11.6 Å². The lowest BCUT2D eigenvalue weighted by atomic mass is 9.91. The summed E-state index contributed by atoms with van der Waals surface area (Å²) in [7, 11) is 4.10. The monoisotopic (exact) mass is 488 g/mol. The molecule has 2 aromatic heterocycles. The smallest absolute Gasteiger partial charge is 0.287 e. The van der Waals surface area contributed by atoms with E-state index in [2.05, 4.69) is 41.8 Å². The second-order valence-corrected chi connectivity index (χ2v) is 9.71. The summed E-state index contributed by atoms with van der Waals surface area (Å²) in [5, 5.41) is 8.57. The Labute approximate surface area is 210 Å². The Morgan fingerprint density at radius 1 is 0.971 bits per heavy atom. The Kier molecular flexibility index (Phi) is 6.64. The van der Waals surface area contributed by atoms with Crippen molar-refractivity contribution in [1.29, 1.82) is 0 Å². The van der Waals surface area contributed by atoms with Crippen LogP contribution in [0, 0.1) is 0 Å². The van der Waals surface area contributed by atoms with Crippen LogP contribution in [0.3, 0.4) is 0 Å². The third kappa shape index (κ3) is 5.28. The van der Waals surface area contributed by atoms with Gasteiger partial charge in [-0.05, 0) is 68.1 Å². The molecule has 2 heterocycles. The van der Waals surface area contributed by atoms with E-state index in [0.717, 1.165) is 53.7 Å². The number of nitrogens with zero attached hydrogens (tertiary/aromatic N) is 2. The molecule has 5 rings (SSSR count). The second-order valence-electron chi connectivity index (χ2n) is 9.28. The minimum Gasteiger partial charge on any atom is -0.451 e. The Morgan fingerprint density at radius 2 is 1.69 bits per heavy atom. The lowest BCUT2D eigenvalue weighted by Crippen LogP contribution is -2.40. The first-order valence-corrected chi connectivity index (χ1v) is 12.3. The van der Waals surface area contributed by atoms with Crippen LogP contribution in [0.2, 0.25) is 5.02 Å². The topological polar surface area (TPSA) is 70.4 Å². The van der Waals surface area contributed by atoms with E-state index < -0.39 is 0 Å². The quantitative estimate of drug-likeness (QED) is 0.330. The van der Waals surface area contributed by atoms with E-state index in [1.165, 1.54) is 0 Å². The van der Waals surface area contributed by atoms with E-state index in [1.54, 1.807) is 18.2 Å². The Hall–Kier alpha value is -3.51. The molecule has 1 fully saturated rings.